The first-order valence-corrected chi connectivity index (χ1v) is 11.3. The van der Waals surface area contributed by atoms with E-state index in [4.69, 9.17) is 9.47 Å². The third-order valence-electron chi connectivity index (χ3n) is 6.43. The average molecular weight is 403 g/mol. The number of phenolic OH excluding ortho intramolecular Hbond substituents is 1. The number of carbonyl (C=O) groups excluding carboxylic acids is 2. The monoisotopic (exact) mass is 402 g/mol. The van der Waals surface area contributed by atoms with Crippen LogP contribution < -0.4 is 0 Å². The van der Waals surface area contributed by atoms with Crippen molar-refractivity contribution < 1.29 is 24.2 Å². The van der Waals surface area contributed by atoms with Crippen LogP contribution >= 0.6 is 0 Å². The molecule has 1 N–H and O–H groups in total. The van der Waals surface area contributed by atoms with Crippen molar-refractivity contribution in [1.29, 1.82) is 0 Å². The first-order valence-electron chi connectivity index (χ1n) is 11.3. The van der Waals surface area contributed by atoms with Gasteiger partial charge in [0.25, 0.3) is 0 Å². The minimum atomic E-state index is -0.379. The predicted octanol–water partition coefficient (Wildman–Crippen LogP) is 5.40. The minimum Gasteiger partial charge on any atom is -0.508 e. The smallest absolute Gasteiger partial charge is 0.338 e. The van der Waals surface area contributed by atoms with Gasteiger partial charge in [-0.1, -0.05) is 26.2 Å². The number of hydrogen-bond donors (Lipinski definition) is 1. The van der Waals surface area contributed by atoms with E-state index in [0.29, 0.717) is 31.2 Å². The van der Waals surface area contributed by atoms with Crippen molar-refractivity contribution >= 4 is 11.9 Å². The van der Waals surface area contributed by atoms with Crippen molar-refractivity contribution in [3.63, 3.8) is 0 Å². The Morgan fingerprint density at radius 3 is 2.10 bits per heavy atom. The van der Waals surface area contributed by atoms with Gasteiger partial charge < -0.3 is 14.6 Å². The molecular weight excluding hydrogens is 368 g/mol. The molecule has 2 aliphatic rings. The van der Waals surface area contributed by atoms with Crippen LogP contribution in [0.4, 0.5) is 0 Å². The number of unbranched alkanes of at least 4 members (excludes halogenated alkanes) is 1. The number of benzene rings is 1. The molecule has 160 valence electrons. The molecule has 2 fully saturated rings. The van der Waals surface area contributed by atoms with Crippen LogP contribution in [0.5, 0.6) is 5.75 Å². The number of phenols is 1. The Balaban J connectivity index is 1.36. The molecular formula is C24H34O5. The Bertz CT molecular complexity index is 652. The maximum atomic E-state index is 12.5. The summed E-state index contributed by atoms with van der Waals surface area (Å²) in [5.41, 5.74) is 0.430. The Kier molecular flexibility index (Phi) is 7.96. The van der Waals surface area contributed by atoms with E-state index in [2.05, 4.69) is 6.92 Å². The van der Waals surface area contributed by atoms with Crippen molar-refractivity contribution in [2.75, 3.05) is 0 Å². The second kappa shape index (κ2) is 10.7. The first-order chi connectivity index (χ1) is 14.0. The summed E-state index contributed by atoms with van der Waals surface area (Å²) in [5, 5.41) is 9.31. The lowest BCUT2D eigenvalue weighted by Gasteiger charge is -2.31. The molecule has 0 radical (unpaired) electrons. The van der Waals surface area contributed by atoms with Gasteiger partial charge in [-0.05, 0) is 81.5 Å². The van der Waals surface area contributed by atoms with Crippen molar-refractivity contribution in [2.45, 2.75) is 89.8 Å². The fourth-order valence-corrected chi connectivity index (χ4v) is 4.52. The molecule has 0 aliphatic heterocycles. The van der Waals surface area contributed by atoms with Gasteiger partial charge in [-0.3, -0.25) is 4.79 Å². The third kappa shape index (κ3) is 6.48. The van der Waals surface area contributed by atoms with Crippen LogP contribution in [-0.4, -0.2) is 29.3 Å². The van der Waals surface area contributed by atoms with Gasteiger partial charge in [0.2, 0.25) is 0 Å². The van der Waals surface area contributed by atoms with E-state index in [0.717, 1.165) is 18.8 Å². The summed E-state index contributed by atoms with van der Waals surface area (Å²) in [7, 11) is 0. The summed E-state index contributed by atoms with van der Waals surface area (Å²) in [6, 6.07) is 6.05. The zero-order valence-corrected chi connectivity index (χ0v) is 17.5. The summed E-state index contributed by atoms with van der Waals surface area (Å²) < 4.78 is 11.4. The summed E-state index contributed by atoms with van der Waals surface area (Å²) in [6.07, 6.45) is 10.9. The number of ether oxygens (including phenoxy) is 2. The summed E-state index contributed by atoms with van der Waals surface area (Å²) in [4.78, 5) is 24.7. The highest BCUT2D eigenvalue weighted by molar-refractivity contribution is 5.89. The van der Waals surface area contributed by atoms with Gasteiger partial charge in [0.1, 0.15) is 18.0 Å². The molecule has 0 atom stereocenters. The molecule has 0 amide bonds. The molecule has 0 saturated heterocycles. The van der Waals surface area contributed by atoms with Gasteiger partial charge in [0.05, 0.1) is 11.5 Å². The normalized spacial score (nSPS) is 27.2. The molecule has 29 heavy (non-hydrogen) atoms. The van der Waals surface area contributed by atoms with Crippen LogP contribution in [-0.2, 0) is 14.3 Å². The number of esters is 2. The molecule has 5 nitrogen and oxygen atoms in total. The molecule has 2 saturated carbocycles. The third-order valence-corrected chi connectivity index (χ3v) is 6.43. The highest BCUT2D eigenvalue weighted by Gasteiger charge is 2.32. The fourth-order valence-electron chi connectivity index (χ4n) is 4.52. The highest BCUT2D eigenvalue weighted by atomic mass is 16.5. The Labute approximate surface area is 173 Å². The lowest BCUT2D eigenvalue weighted by molar-refractivity contribution is -0.157. The van der Waals surface area contributed by atoms with E-state index in [-0.39, 0.29) is 35.8 Å². The quantitative estimate of drug-likeness (QED) is 0.618. The average Bonchev–Trinajstić information content (AvgIpc) is 2.74. The van der Waals surface area contributed by atoms with Crippen molar-refractivity contribution in [1.82, 2.24) is 0 Å². The number of rotatable bonds is 7. The van der Waals surface area contributed by atoms with Gasteiger partial charge in [-0.2, -0.15) is 0 Å². The largest absolute Gasteiger partial charge is 0.508 e. The van der Waals surface area contributed by atoms with Crippen LogP contribution in [0.15, 0.2) is 24.3 Å². The SMILES string of the molecule is CCCCC1CCC(OC(=O)C2CCC(OC(=O)c3ccc(O)cc3)CC2)CC1. The highest BCUT2D eigenvalue weighted by Crippen LogP contribution is 2.32. The molecule has 0 aromatic heterocycles. The second-order valence-electron chi connectivity index (χ2n) is 8.65. The summed E-state index contributed by atoms with van der Waals surface area (Å²) in [6.45, 7) is 2.23. The van der Waals surface area contributed by atoms with Crippen LogP contribution in [0.25, 0.3) is 0 Å². The molecule has 5 heteroatoms. The zero-order chi connectivity index (χ0) is 20.6. The van der Waals surface area contributed by atoms with Crippen molar-refractivity contribution in [3.05, 3.63) is 29.8 Å². The number of hydrogen-bond acceptors (Lipinski definition) is 5. The second-order valence-corrected chi connectivity index (χ2v) is 8.65. The minimum absolute atomic E-state index is 0.0645. The molecule has 0 heterocycles. The Morgan fingerprint density at radius 1 is 0.897 bits per heavy atom. The Morgan fingerprint density at radius 2 is 1.48 bits per heavy atom. The van der Waals surface area contributed by atoms with E-state index >= 15 is 0 Å². The van der Waals surface area contributed by atoms with E-state index in [1.54, 1.807) is 12.1 Å². The lowest BCUT2D eigenvalue weighted by atomic mass is 9.84. The maximum absolute atomic E-state index is 12.5. The van der Waals surface area contributed by atoms with Crippen molar-refractivity contribution in [2.24, 2.45) is 11.8 Å². The lowest BCUT2D eigenvalue weighted by Crippen LogP contribution is -2.32. The van der Waals surface area contributed by atoms with Crippen LogP contribution in [0, 0.1) is 11.8 Å². The zero-order valence-electron chi connectivity index (χ0n) is 17.5. The van der Waals surface area contributed by atoms with Gasteiger partial charge in [0.15, 0.2) is 0 Å². The molecule has 0 spiro atoms. The van der Waals surface area contributed by atoms with Gasteiger partial charge in [-0.15, -0.1) is 0 Å². The van der Waals surface area contributed by atoms with Gasteiger partial charge >= 0.3 is 11.9 Å². The van der Waals surface area contributed by atoms with Crippen LogP contribution in [0.1, 0.15) is 87.9 Å². The first kappa shape index (κ1) is 21.7. The van der Waals surface area contributed by atoms with Gasteiger partial charge in [-0.25, -0.2) is 4.79 Å². The molecule has 1 aromatic rings. The van der Waals surface area contributed by atoms with Crippen LogP contribution in [0.3, 0.4) is 0 Å². The van der Waals surface area contributed by atoms with Crippen LogP contribution in [0.2, 0.25) is 0 Å². The van der Waals surface area contributed by atoms with Crippen molar-refractivity contribution in [3.8, 4) is 5.75 Å². The van der Waals surface area contributed by atoms with Gasteiger partial charge in [0, 0.05) is 0 Å². The maximum Gasteiger partial charge on any atom is 0.338 e. The summed E-state index contributed by atoms with van der Waals surface area (Å²) in [5.74, 6) is 0.413. The Hall–Kier alpha value is -2.04. The molecule has 0 bridgehead atoms. The molecule has 3 rings (SSSR count). The molecule has 1 aromatic carbocycles. The molecule has 2 aliphatic carbocycles. The number of aromatic hydroxyl groups is 1. The fraction of sp³-hybridized carbons (Fsp3) is 0.667. The topological polar surface area (TPSA) is 72.8 Å². The number of carbonyl (C=O) groups is 2. The molecule has 0 unspecified atom stereocenters. The van der Waals surface area contributed by atoms with E-state index in [1.807, 2.05) is 0 Å². The predicted molar refractivity (Wildman–Crippen MR) is 111 cm³/mol. The summed E-state index contributed by atoms with van der Waals surface area (Å²) >= 11 is 0. The van der Waals surface area contributed by atoms with E-state index in [1.165, 1.54) is 44.2 Å². The van der Waals surface area contributed by atoms with E-state index in [9.17, 15) is 14.7 Å². The standard InChI is InChI=1S/C24H34O5/c1-2-3-4-17-5-13-21(14-6-17)28-24(27)19-9-15-22(16-10-19)29-23(26)18-7-11-20(25)12-8-18/h7-8,11-12,17,19,21-22,25H,2-6,9-10,13-16H2,1H3. The van der Waals surface area contributed by atoms with E-state index < -0.39 is 0 Å².